The number of amides is 1. The topological polar surface area (TPSA) is 61.0 Å². The van der Waals surface area contributed by atoms with Crippen molar-refractivity contribution in [3.8, 4) is 0 Å². The Kier molecular flexibility index (Phi) is 4.12. The van der Waals surface area contributed by atoms with Crippen molar-refractivity contribution in [2.75, 3.05) is 27.2 Å². The van der Waals surface area contributed by atoms with Crippen molar-refractivity contribution in [2.24, 2.45) is 0 Å². The number of hydrogen-bond acceptors (Lipinski definition) is 3. The van der Waals surface area contributed by atoms with Crippen LogP contribution in [0.3, 0.4) is 0 Å². The lowest BCUT2D eigenvalue weighted by atomic mass is 10.3. The highest BCUT2D eigenvalue weighted by atomic mass is 16.2. The van der Waals surface area contributed by atoms with Gasteiger partial charge in [0.05, 0.1) is 12.5 Å². The number of rotatable bonds is 5. The van der Waals surface area contributed by atoms with Gasteiger partial charge < -0.3 is 15.2 Å². The molecule has 0 aliphatic heterocycles. The Balaban J connectivity index is 2.37. The van der Waals surface area contributed by atoms with Crippen LogP contribution >= 0.6 is 0 Å². The van der Waals surface area contributed by atoms with Crippen molar-refractivity contribution in [1.29, 1.82) is 0 Å². The first-order valence-corrected chi connectivity index (χ1v) is 4.64. The predicted octanol–water partition coefficient (Wildman–Crippen LogP) is 0.0912. The minimum absolute atomic E-state index is 0.0152. The first-order valence-electron chi connectivity index (χ1n) is 4.64. The number of nitrogens with zero attached hydrogens (tertiary/aromatic N) is 2. The van der Waals surface area contributed by atoms with Gasteiger partial charge in [0, 0.05) is 13.6 Å². The molecule has 1 rings (SSSR count). The molecule has 0 bridgehead atoms. The maximum Gasteiger partial charge on any atom is 0.271 e. The van der Waals surface area contributed by atoms with Crippen LogP contribution in [0.2, 0.25) is 0 Å². The molecule has 0 aliphatic carbocycles. The second-order valence-corrected chi connectivity index (χ2v) is 3.15. The number of aromatic amines is 1. The second-order valence-electron chi connectivity index (χ2n) is 3.15. The van der Waals surface area contributed by atoms with Gasteiger partial charge in [-0.15, -0.1) is 0 Å². The number of H-pyrrole nitrogens is 1. The van der Waals surface area contributed by atoms with E-state index in [0.29, 0.717) is 5.69 Å². The van der Waals surface area contributed by atoms with E-state index in [1.165, 1.54) is 12.5 Å². The quantitative estimate of drug-likeness (QED) is 0.656. The third-order valence-corrected chi connectivity index (χ3v) is 2.00. The highest BCUT2D eigenvalue weighted by Gasteiger charge is 2.11. The van der Waals surface area contributed by atoms with E-state index in [0.717, 1.165) is 19.5 Å². The molecule has 0 aliphatic rings. The Morgan fingerprint density at radius 2 is 2.50 bits per heavy atom. The molecule has 0 atom stereocenters. The molecule has 0 unspecified atom stereocenters. The van der Waals surface area contributed by atoms with Gasteiger partial charge in [0.1, 0.15) is 5.69 Å². The average molecular weight is 196 g/mol. The SMILES string of the molecule is CNCCCN(C)C(=O)c1cnc[nH]1. The van der Waals surface area contributed by atoms with Crippen molar-refractivity contribution in [1.82, 2.24) is 20.2 Å². The fraction of sp³-hybridized carbons (Fsp3) is 0.556. The summed E-state index contributed by atoms with van der Waals surface area (Å²) in [4.78, 5) is 19.9. The predicted molar refractivity (Wildman–Crippen MR) is 54.1 cm³/mol. The van der Waals surface area contributed by atoms with Crippen molar-refractivity contribution in [2.45, 2.75) is 6.42 Å². The Labute approximate surface area is 83.5 Å². The Morgan fingerprint density at radius 3 is 3.07 bits per heavy atom. The second kappa shape index (κ2) is 5.39. The molecule has 0 spiro atoms. The summed E-state index contributed by atoms with van der Waals surface area (Å²) in [7, 11) is 3.69. The van der Waals surface area contributed by atoms with Crippen LogP contribution in [0, 0.1) is 0 Å². The number of hydrogen-bond donors (Lipinski definition) is 2. The standard InChI is InChI=1S/C9H16N4O/c1-10-4-3-5-13(2)9(14)8-6-11-7-12-8/h6-7,10H,3-5H2,1-2H3,(H,11,12). The fourth-order valence-electron chi connectivity index (χ4n) is 1.17. The summed E-state index contributed by atoms with van der Waals surface area (Å²) >= 11 is 0. The van der Waals surface area contributed by atoms with E-state index in [1.807, 2.05) is 7.05 Å². The summed E-state index contributed by atoms with van der Waals surface area (Å²) in [6, 6.07) is 0. The largest absolute Gasteiger partial charge is 0.341 e. The van der Waals surface area contributed by atoms with Gasteiger partial charge >= 0.3 is 0 Å². The van der Waals surface area contributed by atoms with E-state index in [9.17, 15) is 4.79 Å². The van der Waals surface area contributed by atoms with Crippen LogP contribution in [0.5, 0.6) is 0 Å². The number of carbonyl (C=O) groups excluding carboxylic acids is 1. The lowest BCUT2D eigenvalue weighted by molar-refractivity contribution is 0.0788. The minimum Gasteiger partial charge on any atom is -0.341 e. The first-order chi connectivity index (χ1) is 6.75. The van der Waals surface area contributed by atoms with Crippen LogP contribution in [0.15, 0.2) is 12.5 Å². The molecule has 1 aromatic rings. The van der Waals surface area contributed by atoms with Gasteiger partial charge in [-0.25, -0.2) is 4.98 Å². The van der Waals surface area contributed by atoms with Crippen LogP contribution in [0.4, 0.5) is 0 Å². The average Bonchev–Trinajstić information content (AvgIpc) is 2.69. The van der Waals surface area contributed by atoms with Gasteiger partial charge in [0.15, 0.2) is 0 Å². The van der Waals surface area contributed by atoms with Crippen LogP contribution in [0.1, 0.15) is 16.9 Å². The van der Waals surface area contributed by atoms with Crippen molar-refractivity contribution in [3.63, 3.8) is 0 Å². The van der Waals surface area contributed by atoms with Gasteiger partial charge in [-0.05, 0) is 20.0 Å². The highest BCUT2D eigenvalue weighted by molar-refractivity contribution is 5.91. The first kappa shape index (κ1) is 10.7. The van der Waals surface area contributed by atoms with Gasteiger partial charge in [0.25, 0.3) is 5.91 Å². The van der Waals surface area contributed by atoms with E-state index in [2.05, 4.69) is 15.3 Å². The number of carbonyl (C=O) groups is 1. The summed E-state index contributed by atoms with van der Waals surface area (Å²) in [5.41, 5.74) is 0.539. The van der Waals surface area contributed by atoms with Gasteiger partial charge in [-0.2, -0.15) is 0 Å². The highest BCUT2D eigenvalue weighted by Crippen LogP contribution is 1.98. The molecule has 0 fully saturated rings. The molecule has 2 N–H and O–H groups in total. The number of aromatic nitrogens is 2. The summed E-state index contributed by atoms with van der Waals surface area (Å²) in [5, 5.41) is 3.04. The Bertz CT molecular complexity index is 270. The molecule has 0 aromatic carbocycles. The van der Waals surface area contributed by atoms with E-state index < -0.39 is 0 Å². The van der Waals surface area contributed by atoms with Crippen LogP contribution < -0.4 is 5.32 Å². The van der Waals surface area contributed by atoms with Gasteiger partial charge in [-0.1, -0.05) is 0 Å². The normalized spacial score (nSPS) is 10.1. The molecule has 0 saturated heterocycles. The Morgan fingerprint density at radius 1 is 1.71 bits per heavy atom. The van der Waals surface area contributed by atoms with Crippen LogP contribution in [-0.4, -0.2) is 48.0 Å². The summed E-state index contributed by atoms with van der Waals surface area (Å²) in [6.07, 6.45) is 4.00. The third kappa shape index (κ3) is 2.85. The summed E-state index contributed by atoms with van der Waals surface area (Å²) in [5.74, 6) is -0.0152. The molecule has 14 heavy (non-hydrogen) atoms. The van der Waals surface area contributed by atoms with E-state index >= 15 is 0 Å². The van der Waals surface area contributed by atoms with Gasteiger partial charge in [0.2, 0.25) is 0 Å². The van der Waals surface area contributed by atoms with Crippen molar-refractivity contribution < 1.29 is 4.79 Å². The minimum atomic E-state index is -0.0152. The number of nitrogens with one attached hydrogen (secondary N) is 2. The molecule has 1 aromatic heterocycles. The number of imidazole rings is 1. The molecule has 0 radical (unpaired) electrons. The zero-order valence-corrected chi connectivity index (χ0v) is 8.58. The van der Waals surface area contributed by atoms with E-state index in [4.69, 9.17) is 0 Å². The zero-order chi connectivity index (χ0) is 10.4. The maximum atomic E-state index is 11.6. The molecular formula is C9H16N4O. The molecule has 1 heterocycles. The molecule has 78 valence electrons. The summed E-state index contributed by atoms with van der Waals surface area (Å²) < 4.78 is 0. The van der Waals surface area contributed by atoms with E-state index in [1.54, 1.807) is 11.9 Å². The Hall–Kier alpha value is -1.36. The molecule has 5 heteroatoms. The molecule has 0 saturated carbocycles. The lowest BCUT2D eigenvalue weighted by Gasteiger charge is -2.15. The maximum absolute atomic E-state index is 11.6. The van der Waals surface area contributed by atoms with Crippen molar-refractivity contribution in [3.05, 3.63) is 18.2 Å². The molecule has 5 nitrogen and oxygen atoms in total. The third-order valence-electron chi connectivity index (χ3n) is 2.00. The lowest BCUT2D eigenvalue weighted by Crippen LogP contribution is -2.29. The smallest absolute Gasteiger partial charge is 0.271 e. The van der Waals surface area contributed by atoms with Crippen molar-refractivity contribution >= 4 is 5.91 Å². The molecule has 1 amide bonds. The fourth-order valence-corrected chi connectivity index (χ4v) is 1.17. The van der Waals surface area contributed by atoms with Crippen LogP contribution in [0.25, 0.3) is 0 Å². The van der Waals surface area contributed by atoms with Gasteiger partial charge in [-0.3, -0.25) is 4.79 Å². The zero-order valence-electron chi connectivity index (χ0n) is 8.58. The summed E-state index contributed by atoms with van der Waals surface area (Å²) in [6.45, 7) is 1.67. The van der Waals surface area contributed by atoms with E-state index in [-0.39, 0.29) is 5.91 Å². The molecular weight excluding hydrogens is 180 g/mol. The monoisotopic (exact) mass is 196 g/mol. The van der Waals surface area contributed by atoms with Crippen LogP contribution in [-0.2, 0) is 0 Å².